The lowest BCUT2D eigenvalue weighted by atomic mass is 10.2. The van der Waals surface area contributed by atoms with Crippen LogP contribution in [0.4, 0.5) is 4.79 Å². The van der Waals surface area contributed by atoms with Gasteiger partial charge in [-0.25, -0.2) is 4.79 Å². The molecule has 1 atom stereocenters. The summed E-state index contributed by atoms with van der Waals surface area (Å²) in [4.78, 5) is 30.7. The standard InChI is InChI=1S/C20H32N2O5Si/c1-20(2,3)28(4,5)27-17-10-8-15(9-11-17)18(24)21-26-19(25)22-13-6-7-16(23)12-14-22/h8-11,16,23H,6-7,12-14H2,1-5H3,(H,21,24). The number of rotatable bonds is 3. The van der Waals surface area contributed by atoms with E-state index in [-0.39, 0.29) is 11.1 Å². The van der Waals surface area contributed by atoms with Crippen molar-refractivity contribution in [1.29, 1.82) is 0 Å². The Bertz CT molecular complexity index is 685. The molecule has 2 amide bonds. The van der Waals surface area contributed by atoms with Crippen LogP contribution >= 0.6 is 0 Å². The zero-order chi connectivity index (χ0) is 20.9. The average Bonchev–Trinajstić information content (AvgIpc) is 2.83. The SMILES string of the molecule is CC(C)(C)[Si](C)(C)Oc1ccc(C(=O)NOC(=O)N2CCCC(O)CC2)cc1. The Kier molecular flexibility index (Phi) is 7.11. The minimum atomic E-state index is -1.94. The van der Waals surface area contributed by atoms with E-state index in [2.05, 4.69) is 39.3 Å². The van der Waals surface area contributed by atoms with Crippen molar-refractivity contribution in [2.45, 2.75) is 64.3 Å². The van der Waals surface area contributed by atoms with E-state index in [0.717, 1.165) is 5.75 Å². The first-order chi connectivity index (χ1) is 13.0. The maximum Gasteiger partial charge on any atom is 0.434 e. The van der Waals surface area contributed by atoms with E-state index in [1.54, 1.807) is 24.3 Å². The predicted octanol–water partition coefficient (Wildman–Crippen LogP) is 3.70. The molecule has 1 aliphatic heterocycles. The molecule has 0 aliphatic carbocycles. The highest BCUT2D eigenvalue weighted by atomic mass is 28.4. The maximum atomic E-state index is 12.2. The van der Waals surface area contributed by atoms with Crippen molar-refractivity contribution >= 4 is 20.3 Å². The fraction of sp³-hybridized carbons (Fsp3) is 0.600. The topological polar surface area (TPSA) is 88.1 Å². The summed E-state index contributed by atoms with van der Waals surface area (Å²) < 4.78 is 6.19. The molecule has 0 spiro atoms. The summed E-state index contributed by atoms with van der Waals surface area (Å²) in [5.74, 6) is 0.227. The van der Waals surface area contributed by atoms with Crippen LogP contribution in [0.3, 0.4) is 0 Å². The van der Waals surface area contributed by atoms with Crippen LogP contribution in [0, 0.1) is 0 Å². The van der Waals surface area contributed by atoms with Crippen LogP contribution in [-0.4, -0.2) is 49.5 Å². The van der Waals surface area contributed by atoms with Crippen molar-refractivity contribution in [3.8, 4) is 5.75 Å². The molecule has 1 saturated heterocycles. The lowest BCUT2D eigenvalue weighted by molar-refractivity contribution is 0.0419. The van der Waals surface area contributed by atoms with Crippen LogP contribution in [0.1, 0.15) is 50.4 Å². The van der Waals surface area contributed by atoms with Gasteiger partial charge in [0.05, 0.1) is 6.10 Å². The van der Waals surface area contributed by atoms with E-state index in [1.165, 1.54) is 4.90 Å². The normalized spacial score (nSPS) is 18.2. The number of amides is 2. The number of carbonyl (C=O) groups excluding carboxylic acids is 2. The molecule has 2 N–H and O–H groups in total. The molecule has 1 aromatic carbocycles. The highest BCUT2D eigenvalue weighted by Gasteiger charge is 2.38. The molecule has 0 radical (unpaired) electrons. The van der Waals surface area contributed by atoms with Gasteiger partial charge in [0.15, 0.2) is 0 Å². The zero-order valence-electron chi connectivity index (χ0n) is 17.4. The summed E-state index contributed by atoms with van der Waals surface area (Å²) in [6.07, 6.45) is 0.887. The van der Waals surface area contributed by atoms with Gasteiger partial charge in [0, 0.05) is 18.7 Å². The number of aliphatic hydroxyl groups excluding tert-OH is 1. The van der Waals surface area contributed by atoms with Gasteiger partial charge in [-0.15, -0.1) is 0 Å². The van der Waals surface area contributed by atoms with Crippen LogP contribution in [0.15, 0.2) is 24.3 Å². The number of likely N-dealkylation sites (tertiary alicyclic amines) is 1. The molecule has 2 rings (SSSR count). The molecule has 0 saturated carbocycles. The number of hydrogen-bond acceptors (Lipinski definition) is 5. The molecule has 156 valence electrons. The van der Waals surface area contributed by atoms with Crippen molar-refractivity contribution in [3.63, 3.8) is 0 Å². The third kappa shape index (κ3) is 5.97. The second-order valence-corrected chi connectivity index (χ2v) is 13.5. The van der Waals surface area contributed by atoms with Crippen LogP contribution < -0.4 is 9.91 Å². The molecule has 1 fully saturated rings. The molecular formula is C20H32N2O5Si. The molecule has 0 aromatic heterocycles. The minimum absolute atomic E-state index is 0.0840. The van der Waals surface area contributed by atoms with E-state index in [0.29, 0.717) is 37.9 Å². The molecule has 28 heavy (non-hydrogen) atoms. The lowest BCUT2D eigenvalue weighted by Gasteiger charge is -2.36. The van der Waals surface area contributed by atoms with Gasteiger partial charge in [-0.2, -0.15) is 5.48 Å². The second-order valence-electron chi connectivity index (χ2n) is 8.76. The van der Waals surface area contributed by atoms with E-state index in [9.17, 15) is 14.7 Å². The molecule has 8 heteroatoms. The quantitative estimate of drug-likeness (QED) is 0.588. The number of carbonyl (C=O) groups is 2. The summed E-state index contributed by atoms with van der Waals surface area (Å²) in [5.41, 5.74) is 2.57. The first kappa shape index (κ1) is 22.2. The molecule has 1 unspecified atom stereocenters. The summed E-state index contributed by atoms with van der Waals surface area (Å²) in [6.45, 7) is 11.7. The van der Waals surface area contributed by atoms with Crippen molar-refractivity contribution in [3.05, 3.63) is 29.8 Å². The van der Waals surface area contributed by atoms with E-state index >= 15 is 0 Å². The number of nitrogens with one attached hydrogen (secondary N) is 1. The lowest BCUT2D eigenvalue weighted by Crippen LogP contribution is -2.43. The van der Waals surface area contributed by atoms with Crippen molar-refractivity contribution in [1.82, 2.24) is 10.4 Å². The van der Waals surface area contributed by atoms with Crippen molar-refractivity contribution < 1.29 is 24.0 Å². The van der Waals surface area contributed by atoms with Gasteiger partial charge >= 0.3 is 6.09 Å². The van der Waals surface area contributed by atoms with Crippen LogP contribution in [0.5, 0.6) is 5.75 Å². The third-order valence-corrected chi connectivity index (χ3v) is 9.84. The first-order valence-corrected chi connectivity index (χ1v) is 12.6. The van der Waals surface area contributed by atoms with Gasteiger partial charge in [0.1, 0.15) is 5.75 Å². The fourth-order valence-corrected chi connectivity index (χ4v) is 3.63. The summed E-state index contributed by atoms with van der Waals surface area (Å²) >= 11 is 0. The average molecular weight is 409 g/mol. The zero-order valence-corrected chi connectivity index (χ0v) is 18.4. The largest absolute Gasteiger partial charge is 0.544 e. The van der Waals surface area contributed by atoms with Crippen LogP contribution in [0.25, 0.3) is 0 Å². The third-order valence-electron chi connectivity index (χ3n) is 5.48. The van der Waals surface area contributed by atoms with Gasteiger partial charge in [-0.1, -0.05) is 20.8 Å². The second kappa shape index (κ2) is 8.96. The Hall–Kier alpha value is -2.06. The summed E-state index contributed by atoms with van der Waals surface area (Å²) in [7, 11) is -1.94. The number of nitrogens with zero attached hydrogens (tertiary/aromatic N) is 1. The molecular weight excluding hydrogens is 376 g/mol. The van der Waals surface area contributed by atoms with Crippen molar-refractivity contribution in [2.75, 3.05) is 13.1 Å². The Morgan fingerprint density at radius 2 is 1.79 bits per heavy atom. The van der Waals surface area contributed by atoms with Gasteiger partial charge in [0.25, 0.3) is 5.91 Å². The number of benzene rings is 1. The van der Waals surface area contributed by atoms with E-state index in [1.807, 2.05) is 0 Å². The minimum Gasteiger partial charge on any atom is -0.544 e. The smallest absolute Gasteiger partial charge is 0.434 e. The molecule has 1 aromatic rings. The number of aliphatic hydroxyl groups is 1. The Morgan fingerprint density at radius 1 is 1.14 bits per heavy atom. The first-order valence-electron chi connectivity index (χ1n) is 9.73. The van der Waals surface area contributed by atoms with Gasteiger partial charge in [0.2, 0.25) is 8.32 Å². The van der Waals surface area contributed by atoms with Crippen LogP contribution in [-0.2, 0) is 4.84 Å². The molecule has 1 heterocycles. The Labute approximate surface area is 168 Å². The predicted molar refractivity (Wildman–Crippen MR) is 110 cm³/mol. The maximum absolute atomic E-state index is 12.2. The van der Waals surface area contributed by atoms with E-state index in [4.69, 9.17) is 9.26 Å². The fourth-order valence-electron chi connectivity index (χ4n) is 2.60. The molecule has 0 bridgehead atoms. The monoisotopic (exact) mass is 408 g/mol. The van der Waals surface area contributed by atoms with Crippen molar-refractivity contribution in [2.24, 2.45) is 0 Å². The highest BCUT2D eigenvalue weighted by Crippen LogP contribution is 2.37. The number of hydroxylamine groups is 1. The number of hydrogen-bond donors (Lipinski definition) is 2. The molecule has 7 nitrogen and oxygen atoms in total. The molecule has 1 aliphatic rings. The van der Waals surface area contributed by atoms with Crippen LogP contribution in [0.2, 0.25) is 18.1 Å². The van der Waals surface area contributed by atoms with Gasteiger partial charge < -0.3 is 19.3 Å². The highest BCUT2D eigenvalue weighted by molar-refractivity contribution is 6.74. The van der Waals surface area contributed by atoms with Gasteiger partial charge in [-0.3, -0.25) is 4.79 Å². The summed E-state index contributed by atoms with van der Waals surface area (Å²) in [5, 5.41) is 9.72. The summed E-state index contributed by atoms with van der Waals surface area (Å²) in [6, 6.07) is 6.81. The Morgan fingerprint density at radius 3 is 2.39 bits per heavy atom. The Balaban J connectivity index is 1.88. The van der Waals surface area contributed by atoms with Gasteiger partial charge in [-0.05, 0) is 61.7 Å². The van der Waals surface area contributed by atoms with E-state index < -0.39 is 20.3 Å².